The van der Waals surface area contributed by atoms with E-state index in [-0.39, 0.29) is 6.61 Å². The second-order valence-electron chi connectivity index (χ2n) is 4.60. The smallest absolute Gasteiger partial charge is 0.119 e. The van der Waals surface area contributed by atoms with Crippen molar-refractivity contribution in [2.24, 2.45) is 5.73 Å². The SMILES string of the molecule is CCCN(CCO)CCOc1ccc(CCN)cc1. The van der Waals surface area contributed by atoms with Gasteiger partial charge in [-0.25, -0.2) is 0 Å². The van der Waals surface area contributed by atoms with Crippen LogP contribution in [-0.2, 0) is 6.42 Å². The third kappa shape index (κ3) is 6.57. The van der Waals surface area contributed by atoms with E-state index in [1.54, 1.807) is 0 Å². The zero-order chi connectivity index (χ0) is 13.9. The van der Waals surface area contributed by atoms with Gasteiger partial charge in [0, 0.05) is 13.1 Å². The quantitative estimate of drug-likeness (QED) is 0.669. The molecule has 4 heteroatoms. The van der Waals surface area contributed by atoms with Crippen LogP contribution in [0.15, 0.2) is 24.3 Å². The lowest BCUT2D eigenvalue weighted by Gasteiger charge is -2.20. The van der Waals surface area contributed by atoms with Gasteiger partial charge in [0.05, 0.1) is 6.61 Å². The molecule has 19 heavy (non-hydrogen) atoms. The molecule has 0 radical (unpaired) electrons. The number of rotatable bonds is 10. The van der Waals surface area contributed by atoms with Gasteiger partial charge in [-0.3, -0.25) is 4.90 Å². The van der Waals surface area contributed by atoms with E-state index >= 15 is 0 Å². The molecule has 1 rings (SSSR count). The average molecular weight is 266 g/mol. The first-order valence-electron chi connectivity index (χ1n) is 7.05. The van der Waals surface area contributed by atoms with E-state index in [4.69, 9.17) is 15.6 Å². The summed E-state index contributed by atoms with van der Waals surface area (Å²) < 4.78 is 5.71. The van der Waals surface area contributed by atoms with Crippen LogP contribution in [0.4, 0.5) is 0 Å². The van der Waals surface area contributed by atoms with Gasteiger partial charge in [0.1, 0.15) is 12.4 Å². The highest BCUT2D eigenvalue weighted by molar-refractivity contribution is 5.27. The van der Waals surface area contributed by atoms with Crippen LogP contribution in [0.1, 0.15) is 18.9 Å². The van der Waals surface area contributed by atoms with E-state index < -0.39 is 0 Å². The number of nitrogens with two attached hydrogens (primary N) is 1. The fourth-order valence-electron chi connectivity index (χ4n) is 2.00. The van der Waals surface area contributed by atoms with Gasteiger partial charge in [0.15, 0.2) is 0 Å². The van der Waals surface area contributed by atoms with Crippen LogP contribution in [0.3, 0.4) is 0 Å². The minimum Gasteiger partial charge on any atom is -0.492 e. The maximum Gasteiger partial charge on any atom is 0.119 e. The predicted molar refractivity (Wildman–Crippen MR) is 78.5 cm³/mol. The maximum absolute atomic E-state index is 8.97. The molecule has 0 aliphatic carbocycles. The van der Waals surface area contributed by atoms with Crippen LogP contribution in [-0.4, -0.2) is 49.4 Å². The molecule has 0 heterocycles. The summed E-state index contributed by atoms with van der Waals surface area (Å²) in [6, 6.07) is 8.09. The number of nitrogens with zero attached hydrogens (tertiary/aromatic N) is 1. The molecule has 0 fully saturated rings. The molecule has 1 aromatic rings. The van der Waals surface area contributed by atoms with Crippen LogP contribution in [0, 0.1) is 0 Å². The maximum atomic E-state index is 8.97. The standard InChI is InChI=1S/C15H26N2O2/c1-2-9-17(10-12-18)11-13-19-15-5-3-14(4-6-15)7-8-16/h3-6,18H,2,7-13,16H2,1H3. The summed E-state index contributed by atoms with van der Waals surface area (Å²) in [6.07, 6.45) is 1.99. The highest BCUT2D eigenvalue weighted by Crippen LogP contribution is 2.12. The summed E-state index contributed by atoms with van der Waals surface area (Å²) in [4.78, 5) is 2.21. The van der Waals surface area contributed by atoms with E-state index in [1.165, 1.54) is 5.56 Å². The zero-order valence-electron chi connectivity index (χ0n) is 11.8. The number of hydrogen-bond acceptors (Lipinski definition) is 4. The van der Waals surface area contributed by atoms with Crippen molar-refractivity contribution in [3.63, 3.8) is 0 Å². The van der Waals surface area contributed by atoms with E-state index in [9.17, 15) is 0 Å². The van der Waals surface area contributed by atoms with Crippen molar-refractivity contribution in [2.45, 2.75) is 19.8 Å². The molecule has 0 aliphatic rings. The first-order chi connectivity index (χ1) is 9.30. The van der Waals surface area contributed by atoms with Crippen LogP contribution in [0.25, 0.3) is 0 Å². The van der Waals surface area contributed by atoms with Crippen molar-refractivity contribution in [3.05, 3.63) is 29.8 Å². The van der Waals surface area contributed by atoms with Crippen molar-refractivity contribution >= 4 is 0 Å². The van der Waals surface area contributed by atoms with Crippen molar-refractivity contribution < 1.29 is 9.84 Å². The number of ether oxygens (including phenoxy) is 1. The Kier molecular flexibility index (Phi) is 8.21. The molecule has 0 unspecified atom stereocenters. The molecule has 3 N–H and O–H groups in total. The van der Waals surface area contributed by atoms with Crippen molar-refractivity contribution in [2.75, 3.05) is 39.4 Å². The average Bonchev–Trinajstić information content (AvgIpc) is 2.41. The second kappa shape index (κ2) is 9.78. The second-order valence-corrected chi connectivity index (χ2v) is 4.60. The normalized spacial score (nSPS) is 10.9. The number of aliphatic hydroxyl groups excluding tert-OH is 1. The Morgan fingerprint density at radius 3 is 2.47 bits per heavy atom. The molecule has 4 nitrogen and oxygen atoms in total. The molecule has 108 valence electrons. The Bertz CT molecular complexity index is 321. The number of hydrogen-bond donors (Lipinski definition) is 2. The highest BCUT2D eigenvalue weighted by Gasteiger charge is 2.03. The minimum absolute atomic E-state index is 0.202. The van der Waals surface area contributed by atoms with Gasteiger partial charge in [-0.05, 0) is 43.6 Å². The summed E-state index contributed by atoms with van der Waals surface area (Å²) in [7, 11) is 0. The van der Waals surface area contributed by atoms with Crippen LogP contribution < -0.4 is 10.5 Å². The summed E-state index contributed by atoms with van der Waals surface area (Å²) in [5.41, 5.74) is 6.75. The molecule has 1 aromatic carbocycles. The highest BCUT2D eigenvalue weighted by atomic mass is 16.5. The first-order valence-corrected chi connectivity index (χ1v) is 7.05. The molecule has 0 aromatic heterocycles. The van der Waals surface area contributed by atoms with E-state index in [0.29, 0.717) is 19.7 Å². The Morgan fingerprint density at radius 1 is 1.16 bits per heavy atom. The molecular formula is C15H26N2O2. The molecule has 0 saturated carbocycles. The third-order valence-corrected chi connectivity index (χ3v) is 2.99. The van der Waals surface area contributed by atoms with Gasteiger partial charge >= 0.3 is 0 Å². The van der Waals surface area contributed by atoms with E-state index in [2.05, 4.69) is 24.0 Å². The lowest BCUT2D eigenvalue weighted by molar-refractivity contribution is 0.168. The number of benzene rings is 1. The Labute approximate surface area is 116 Å². The van der Waals surface area contributed by atoms with Crippen molar-refractivity contribution in [1.82, 2.24) is 4.90 Å². The fraction of sp³-hybridized carbons (Fsp3) is 0.600. The van der Waals surface area contributed by atoms with Gasteiger partial charge < -0.3 is 15.6 Å². The van der Waals surface area contributed by atoms with Crippen LogP contribution in [0.2, 0.25) is 0 Å². The zero-order valence-corrected chi connectivity index (χ0v) is 11.8. The third-order valence-electron chi connectivity index (χ3n) is 2.99. The first kappa shape index (κ1) is 16.0. The lowest BCUT2D eigenvalue weighted by atomic mass is 10.1. The van der Waals surface area contributed by atoms with E-state index in [0.717, 1.165) is 31.7 Å². The van der Waals surface area contributed by atoms with Gasteiger partial charge in [-0.2, -0.15) is 0 Å². The monoisotopic (exact) mass is 266 g/mol. The lowest BCUT2D eigenvalue weighted by Crippen LogP contribution is -2.31. The van der Waals surface area contributed by atoms with Crippen molar-refractivity contribution in [3.8, 4) is 5.75 Å². The molecule has 0 saturated heterocycles. The predicted octanol–water partition coefficient (Wildman–Crippen LogP) is 1.27. The largest absolute Gasteiger partial charge is 0.492 e. The Morgan fingerprint density at radius 2 is 1.89 bits per heavy atom. The summed E-state index contributed by atoms with van der Waals surface area (Å²) in [5, 5.41) is 8.97. The van der Waals surface area contributed by atoms with Crippen molar-refractivity contribution in [1.29, 1.82) is 0 Å². The molecule has 0 bridgehead atoms. The van der Waals surface area contributed by atoms with Gasteiger partial charge in [0.25, 0.3) is 0 Å². The molecule has 0 aliphatic heterocycles. The Hall–Kier alpha value is -1.10. The summed E-state index contributed by atoms with van der Waals surface area (Å²) in [5.74, 6) is 0.890. The molecule has 0 spiro atoms. The van der Waals surface area contributed by atoms with Gasteiger partial charge in [0.2, 0.25) is 0 Å². The topological polar surface area (TPSA) is 58.7 Å². The molecule has 0 atom stereocenters. The van der Waals surface area contributed by atoms with Gasteiger partial charge in [-0.1, -0.05) is 19.1 Å². The number of aliphatic hydroxyl groups is 1. The Balaban J connectivity index is 2.30. The summed E-state index contributed by atoms with van der Waals surface area (Å²) >= 11 is 0. The minimum atomic E-state index is 0.202. The van der Waals surface area contributed by atoms with Crippen LogP contribution >= 0.6 is 0 Å². The summed E-state index contributed by atoms with van der Waals surface area (Å²) in [6.45, 7) is 6.23. The fourth-order valence-corrected chi connectivity index (χ4v) is 2.00. The van der Waals surface area contributed by atoms with Crippen LogP contribution in [0.5, 0.6) is 5.75 Å². The molecular weight excluding hydrogens is 240 g/mol. The van der Waals surface area contributed by atoms with E-state index in [1.807, 2.05) is 12.1 Å². The molecule has 0 amide bonds. The van der Waals surface area contributed by atoms with Gasteiger partial charge in [-0.15, -0.1) is 0 Å².